The van der Waals surface area contributed by atoms with Crippen LogP contribution in [-0.4, -0.2) is 46.2 Å². The van der Waals surface area contributed by atoms with Crippen molar-refractivity contribution < 1.29 is 4.79 Å². The van der Waals surface area contributed by atoms with Crippen LogP contribution in [0.15, 0.2) is 42.7 Å². The lowest BCUT2D eigenvalue weighted by molar-refractivity contribution is 0.158. The number of rotatable bonds is 8. The van der Waals surface area contributed by atoms with Gasteiger partial charge in [-0.05, 0) is 51.3 Å². The summed E-state index contributed by atoms with van der Waals surface area (Å²) < 4.78 is 1.94. The summed E-state index contributed by atoms with van der Waals surface area (Å²) in [6.45, 7) is 5.37. The predicted octanol–water partition coefficient (Wildman–Crippen LogP) is 3.46. The Morgan fingerprint density at radius 1 is 1.25 bits per heavy atom. The Labute approximate surface area is 168 Å². The van der Waals surface area contributed by atoms with Crippen LogP contribution >= 0.6 is 0 Å². The highest BCUT2D eigenvalue weighted by atomic mass is 16.2. The molecule has 152 valence electrons. The molecule has 2 aromatic rings. The Balaban J connectivity index is 1.46. The van der Waals surface area contributed by atoms with E-state index in [1.54, 1.807) is 6.20 Å². The zero-order valence-electron chi connectivity index (χ0n) is 17.1. The van der Waals surface area contributed by atoms with Crippen LogP contribution in [0.3, 0.4) is 0 Å². The summed E-state index contributed by atoms with van der Waals surface area (Å²) in [6.07, 6.45) is 9.76. The molecule has 1 saturated heterocycles. The number of piperidine rings is 1. The lowest BCUT2D eigenvalue weighted by Crippen LogP contribution is -2.40. The van der Waals surface area contributed by atoms with Gasteiger partial charge in [-0.1, -0.05) is 36.8 Å². The number of hydrogen-bond acceptors (Lipinski definition) is 3. The van der Waals surface area contributed by atoms with Crippen molar-refractivity contribution in [3.05, 3.63) is 54.1 Å². The molecule has 0 radical (unpaired) electrons. The second-order valence-corrected chi connectivity index (χ2v) is 7.73. The van der Waals surface area contributed by atoms with Gasteiger partial charge >= 0.3 is 6.03 Å². The van der Waals surface area contributed by atoms with Crippen LogP contribution in [0, 0.1) is 0 Å². The van der Waals surface area contributed by atoms with E-state index in [2.05, 4.69) is 27.4 Å². The van der Waals surface area contributed by atoms with Gasteiger partial charge in [0.25, 0.3) is 0 Å². The molecular weight excluding hydrogens is 350 g/mol. The van der Waals surface area contributed by atoms with Gasteiger partial charge in [0.15, 0.2) is 0 Å². The number of carbonyl (C=O) groups is 1. The van der Waals surface area contributed by atoms with Gasteiger partial charge in [0, 0.05) is 32.0 Å². The number of benzene rings is 1. The first-order valence-corrected chi connectivity index (χ1v) is 10.5. The molecule has 1 aromatic carbocycles. The smallest absolute Gasteiger partial charge is 0.315 e. The summed E-state index contributed by atoms with van der Waals surface area (Å²) in [5, 5.41) is 6.09. The molecule has 0 aliphatic carbocycles. The molecule has 0 saturated carbocycles. The molecule has 6 heteroatoms. The van der Waals surface area contributed by atoms with Crippen LogP contribution in [0.2, 0.25) is 0 Å². The third-order valence-electron chi connectivity index (χ3n) is 5.62. The van der Waals surface area contributed by atoms with Gasteiger partial charge in [-0.15, -0.1) is 0 Å². The summed E-state index contributed by atoms with van der Waals surface area (Å²) >= 11 is 0. The number of aryl methyl sites for hydroxylation is 1. The van der Waals surface area contributed by atoms with Crippen LogP contribution in [0.5, 0.6) is 0 Å². The average Bonchev–Trinajstić information content (AvgIpc) is 3.13. The minimum atomic E-state index is -0.268. The standard InChI is InChI=1S/C22H33N5O/c1-18-10-6-8-15-27(18)16-9-7-13-24-22(28)25-20(19-11-4-3-5-12-19)21-23-14-17-26(21)2/h3-5,11-12,14,17-18,20H,6-10,13,15-16H2,1-2H3,(H2,24,25,28)/t18-,20+/m0/s1. The summed E-state index contributed by atoms with van der Waals surface area (Å²) in [6, 6.07) is 10.2. The largest absolute Gasteiger partial charge is 0.338 e. The van der Waals surface area contributed by atoms with Crippen molar-refractivity contribution >= 4 is 6.03 Å². The topological polar surface area (TPSA) is 62.2 Å². The van der Waals surface area contributed by atoms with Crippen molar-refractivity contribution in [2.75, 3.05) is 19.6 Å². The number of unbranched alkanes of at least 4 members (excludes halogenated alkanes) is 1. The number of aromatic nitrogens is 2. The average molecular weight is 384 g/mol. The first kappa shape index (κ1) is 20.4. The molecule has 0 bridgehead atoms. The summed E-state index contributed by atoms with van der Waals surface area (Å²) in [5.74, 6) is 0.820. The highest BCUT2D eigenvalue weighted by Crippen LogP contribution is 2.20. The van der Waals surface area contributed by atoms with E-state index in [1.165, 1.54) is 25.8 Å². The van der Waals surface area contributed by atoms with Crippen LogP contribution in [-0.2, 0) is 7.05 Å². The minimum Gasteiger partial charge on any atom is -0.338 e. The maximum absolute atomic E-state index is 12.5. The molecule has 1 aliphatic rings. The Morgan fingerprint density at radius 2 is 2.07 bits per heavy atom. The van der Waals surface area contributed by atoms with Crippen molar-refractivity contribution in [2.45, 2.75) is 51.1 Å². The number of imidazole rings is 1. The van der Waals surface area contributed by atoms with Crippen molar-refractivity contribution in [3.63, 3.8) is 0 Å². The van der Waals surface area contributed by atoms with Crippen molar-refractivity contribution in [1.82, 2.24) is 25.1 Å². The molecule has 2 atom stereocenters. The van der Waals surface area contributed by atoms with Gasteiger partial charge in [0.2, 0.25) is 0 Å². The number of likely N-dealkylation sites (tertiary alicyclic amines) is 1. The normalized spacial score (nSPS) is 18.6. The van der Waals surface area contributed by atoms with Gasteiger partial charge in [0.05, 0.1) is 0 Å². The lowest BCUT2D eigenvalue weighted by atomic mass is 10.0. The summed E-state index contributed by atoms with van der Waals surface area (Å²) in [4.78, 5) is 19.5. The zero-order chi connectivity index (χ0) is 19.8. The van der Waals surface area contributed by atoms with E-state index < -0.39 is 0 Å². The minimum absolute atomic E-state index is 0.150. The molecule has 3 rings (SSSR count). The zero-order valence-corrected chi connectivity index (χ0v) is 17.1. The van der Waals surface area contributed by atoms with Gasteiger partial charge in [-0.25, -0.2) is 9.78 Å². The van der Waals surface area contributed by atoms with Crippen LogP contribution in [0.4, 0.5) is 4.79 Å². The Morgan fingerprint density at radius 3 is 2.79 bits per heavy atom. The maximum atomic E-state index is 12.5. The summed E-state index contributed by atoms with van der Waals surface area (Å²) in [7, 11) is 1.94. The van der Waals surface area contributed by atoms with E-state index in [0.29, 0.717) is 12.6 Å². The lowest BCUT2D eigenvalue weighted by Gasteiger charge is -2.33. The third kappa shape index (κ3) is 5.58. The Kier molecular flexibility index (Phi) is 7.48. The molecule has 6 nitrogen and oxygen atoms in total. The van der Waals surface area contributed by atoms with Crippen molar-refractivity contribution in [2.24, 2.45) is 7.05 Å². The molecule has 2 heterocycles. The third-order valence-corrected chi connectivity index (χ3v) is 5.62. The maximum Gasteiger partial charge on any atom is 0.315 e. The van der Waals surface area contributed by atoms with Crippen molar-refractivity contribution in [1.29, 1.82) is 0 Å². The molecule has 1 fully saturated rings. The molecular formula is C22H33N5O. The van der Waals surface area contributed by atoms with Crippen LogP contribution < -0.4 is 10.6 Å². The van der Waals surface area contributed by atoms with E-state index in [4.69, 9.17) is 0 Å². The highest BCUT2D eigenvalue weighted by molar-refractivity contribution is 5.74. The Bertz CT molecular complexity index is 730. The molecule has 2 amide bonds. The molecule has 1 aromatic heterocycles. The molecule has 0 spiro atoms. The monoisotopic (exact) mass is 383 g/mol. The van der Waals surface area contributed by atoms with E-state index >= 15 is 0 Å². The number of urea groups is 1. The van der Waals surface area contributed by atoms with Crippen LogP contribution in [0.1, 0.15) is 56.5 Å². The van der Waals surface area contributed by atoms with Gasteiger partial charge in [-0.2, -0.15) is 0 Å². The number of carbonyl (C=O) groups excluding carboxylic acids is 1. The van der Waals surface area contributed by atoms with Gasteiger partial charge < -0.3 is 20.1 Å². The van der Waals surface area contributed by atoms with Gasteiger partial charge in [-0.3, -0.25) is 0 Å². The molecule has 2 N–H and O–H groups in total. The van der Waals surface area contributed by atoms with E-state index in [1.807, 2.05) is 48.1 Å². The Hall–Kier alpha value is -2.34. The predicted molar refractivity (Wildman–Crippen MR) is 112 cm³/mol. The van der Waals surface area contributed by atoms with E-state index in [-0.39, 0.29) is 12.1 Å². The van der Waals surface area contributed by atoms with E-state index in [0.717, 1.165) is 30.8 Å². The second-order valence-electron chi connectivity index (χ2n) is 7.73. The first-order chi connectivity index (χ1) is 13.6. The second kappa shape index (κ2) is 10.3. The number of hydrogen-bond donors (Lipinski definition) is 2. The SMILES string of the molecule is C[C@H]1CCCCN1CCCCNC(=O)N[C@H](c1ccccc1)c1nccn1C. The molecule has 1 aliphatic heterocycles. The van der Waals surface area contributed by atoms with Crippen LogP contribution in [0.25, 0.3) is 0 Å². The van der Waals surface area contributed by atoms with Crippen molar-refractivity contribution in [3.8, 4) is 0 Å². The fourth-order valence-electron chi connectivity index (χ4n) is 3.91. The molecule has 28 heavy (non-hydrogen) atoms. The summed E-state index contributed by atoms with van der Waals surface area (Å²) in [5.41, 5.74) is 1.02. The van der Waals surface area contributed by atoms with Gasteiger partial charge in [0.1, 0.15) is 11.9 Å². The fourth-order valence-corrected chi connectivity index (χ4v) is 3.91. The fraction of sp³-hybridized carbons (Fsp3) is 0.545. The number of amides is 2. The van der Waals surface area contributed by atoms with E-state index in [9.17, 15) is 4.79 Å². The number of nitrogens with zero attached hydrogens (tertiary/aromatic N) is 3. The molecule has 0 unspecified atom stereocenters. The quantitative estimate of drug-likeness (QED) is 0.686. The highest BCUT2D eigenvalue weighted by Gasteiger charge is 2.20. The first-order valence-electron chi connectivity index (χ1n) is 10.5. The number of nitrogens with one attached hydrogen (secondary N) is 2.